The van der Waals surface area contributed by atoms with E-state index < -0.39 is 0 Å². The summed E-state index contributed by atoms with van der Waals surface area (Å²) >= 11 is 0. The predicted molar refractivity (Wildman–Crippen MR) is 103 cm³/mol. The Morgan fingerprint density at radius 1 is 1.37 bits per heavy atom. The molecule has 1 aromatic carbocycles. The zero-order valence-electron chi connectivity index (χ0n) is 15.9. The van der Waals surface area contributed by atoms with Gasteiger partial charge in [-0.15, -0.1) is 0 Å². The first-order valence-corrected chi connectivity index (χ1v) is 9.43. The van der Waals surface area contributed by atoms with Crippen molar-refractivity contribution >= 4 is 11.9 Å². The number of anilines is 1. The maximum atomic E-state index is 13.7. The number of benzene rings is 1. The van der Waals surface area contributed by atoms with Crippen molar-refractivity contribution in [3.63, 3.8) is 0 Å². The summed E-state index contributed by atoms with van der Waals surface area (Å²) < 4.78 is 13.7. The standard InChI is InChI=1S/C20H26FN5O/c1-3-25(4-2)18(27)13-26-10-6-9-17(26)19-16(12-23-20(22)24-19)14-7-5-8-15(21)11-14/h5,7-8,11-12,17H,3-4,6,9-10,13H2,1-2H3,(H2,22,23,24)/t17-/m0/s1. The number of nitrogens with zero attached hydrogens (tertiary/aromatic N) is 4. The first kappa shape index (κ1) is 19.2. The Hall–Kier alpha value is -2.54. The summed E-state index contributed by atoms with van der Waals surface area (Å²) in [6.07, 6.45) is 3.50. The van der Waals surface area contributed by atoms with E-state index in [2.05, 4.69) is 14.9 Å². The van der Waals surface area contributed by atoms with Crippen molar-refractivity contribution in [3.8, 4) is 11.1 Å². The van der Waals surface area contributed by atoms with Crippen molar-refractivity contribution in [2.75, 3.05) is 31.9 Å². The number of hydrogen-bond acceptors (Lipinski definition) is 5. The average Bonchev–Trinajstić information content (AvgIpc) is 3.10. The van der Waals surface area contributed by atoms with Crippen LogP contribution in [0.25, 0.3) is 11.1 Å². The first-order chi connectivity index (χ1) is 13.0. The second-order valence-corrected chi connectivity index (χ2v) is 6.73. The largest absolute Gasteiger partial charge is 0.368 e. The molecule has 1 aliphatic rings. The molecule has 6 nitrogen and oxygen atoms in total. The molecule has 2 N–H and O–H groups in total. The number of nitrogens with two attached hydrogens (primary N) is 1. The Morgan fingerprint density at radius 3 is 2.85 bits per heavy atom. The lowest BCUT2D eigenvalue weighted by atomic mass is 9.99. The fraction of sp³-hybridized carbons (Fsp3) is 0.450. The van der Waals surface area contributed by atoms with Crippen LogP contribution in [0.5, 0.6) is 0 Å². The van der Waals surface area contributed by atoms with Gasteiger partial charge in [-0.3, -0.25) is 9.69 Å². The number of halogens is 1. The molecular formula is C20H26FN5O. The summed E-state index contributed by atoms with van der Waals surface area (Å²) in [4.78, 5) is 25.1. The Bertz CT molecular complexity index is 809. The van der Waals surface area contributed by atoms with Gasteiger partial charge in [0.25, 0.3) is 0 Å². The smallest absolute Gasteiger partial charge is 0.236 e. The molecule has 3 rings (SSSR count). The molecule has 0 spiro atoms. The van der Waals surface area contributed by atoms with Crippen LogP contribution in [0.2, 0.25) is 0 Å². The van der Waals surface area contributed by atoms with Gasteiger partial charge in [-0.1, -0.05) is 12.1 Å². The van der Waals surface area contributed by atoms with Gasteiger partial charge in [-0.2, -0.15) is 0 Å². The van der Waals surface area contributed by atoms with Crippen LogP contribution < -0.4 is 5.73 Å². The Balaban J connectivity index is 1.92. The van der Waals surface area contributed by atoms with E-state index in [4.69, 9.17) is 5.73 Å². The van der Waals surface area contributed by atoms with E-state index in [1.807, 2.05) is 24.8 Å². The second kappa shape index (κ2) is 8.43. The number of hydrogen-bond donors (Lipinski definition) is 1. The lowest BCUT2D eigenvalue weighted by Crippen LogP contribution is -2.40. The van der Waals surface area contributed by atoms with E-state index >= 15 is 0 Å². The Morgan fingerprint density at radius 2 is 2.15 bits per heavy atom. The summed E-state index contributed by atoms with van der Waals surface area (Å²) in [5.41, 5.74) is 8.09. The summed E-state index contributed by atoms with van der Waals surface area (Å²) in [6.45, 7) is 6.53. The number of likely N-dealkylation sites (tertiary alicyclic amines) is 1. The highest BCUT2D eigenvalue weighted by atomic mass is 19.1. The summed E-state index contributed by atoms with van der Waals surface area (Å²) in [6, 6.07) is 6.35. The Kier molecular flexibility index (Phi) is 6.01. The van der Waals surface area contributed by atoms with E-state index in [0.717, 1.165) is 30.6 Å². The van der Waals surface area contributed by atoms with E-state index in [1.54, 1.807) is 12.3 Å². The molecule has 144 valence electrons. The molecule has 0 unspecified atom stereocenters. The number of nitrogen functional groups attached to an aromatic ring is 1. The minimum absolute atomic E-state index is 0.0342. The van der Waals surface area contributed by atoms with Crippen molar-refractivity contribution < 1.29 is 9.18 Å². The normalized spacial score (nSPS) is 17.2. The highest BCUT2D eigenvalue weighted by Crippen LogP contribution is 2.36. The molecule has 1 aromatic heterocycles. The van der Waals surface area contributed by atoms with Gasteiger partial charge in [-0.25, -0.2) is 14.4 Å². The second-order valence-electron chi connectivity index (χ2n) is 6.73. The number of carbonyl (C=O) groups excluding carboxylic acids is 1. The van der Waals surface area contributed by atoms with E-state index in [1.165, 1.54) is 12.1 Å². The summed E-state index contributed by atoms with van der Waals surface area (Å²) in [5, 5.41) is 0. The third-order valence-corrected chi connectivity index (χ3v) is 5.11. The van der Waals surface area contributed by atoms with Gasteiger partial charge in [0, 0.05) is 24.8 Å². The summed E-state index contributed by atoms with van der Waals surface area (Å²) in [5.74, 6) is -0.0106. The Labute approximate surface area is 159 Å². The highest BCUT2D eigenvalue weighted by molar-refractivity contribution is 5.78. The molecule has 2 heterocycles. The molecule has 1 amide bonds. The lowest BCUT2D eigenvalue weighted by Gasteiger charge is -2.28. The number of likely N-dealkylation sites (N-methyl/N-ethyl adjacent to an activating group) is 1. The minimum atomic E-state index is -0.310. The van der Waals surface area contributed by atoms with Crippen molar-refractivity contribution in [1.29, 1.82) is 0 Å². The zero-order valence-corrected chi connectivity index (χ0v) is 15.9. The van der Waals surface area contributed by atoms with Gasteiger partial charge in [0.05, 0.1) is 18.3 Å². The van der Waals surface area contributed by atoms with Crippen molar-refractivity contribution in [2.24, 2.45) is 0 Å². The third kappa shape index (κ3) is 4.24. The van der Waals surface area contributed by atoms with Crippen molar-refractivity contribution in [3.05, 3.63) is 42.0 Å². The molecule has 1 atom stereocenters. The van der Waals surface area contributed by atoms with Crippen LogP contribution in [-0.4, -0.2) is 51.9 Å². The van der Waals surface area contributed by atoms with Crippen LogP contribution in [0, 0.1) is 5.82 Å². The maximum Gasteiger partial charge on any atom is 0.236 e. The van der Waals surface area contributed by atoms with Crippen LogP contribution in [0.3, 0.4) is 0 Å². The SMILES string of the molecule is CCN(CC)C(=O)CN1CCC[C@H]1c1nc(N)ncc1-c1cccc(F)c1. The van der Waals surface area contributed by atoms with Crippen molar-refractivity contribution in [2.45, 2.75) is 32.7 Å². The fourth-order valence-electron chi connectivity index (χ4n) is 3.72. The van der Waals surface area contributed by atoms with Gasteiger partial charge in [0.15, 0.2) is 0 Å². The van der Waals surface area contributed by atoms with Crippen LogP contribution in [0.4, 0.5) is 10.3 Å². The van der Waals surface area contributed by atoms with Crippen LogP contribution in [0.1, 0.15) is 38.4 Å². The number of rotatable bonds is 6. The molecule has 2 aromatic rings. The van der Waals surface area contributed by atoms with Gasteiger partial charge in [0.1, 0.15) is 5.82 Å². The van der Waals surface area contributed by atoms with Gasteiger partial charge < -0.3 is 10.6 Å². The lowest BCUT2D eigenvalue weighted by molar-refractivity contribution is -0.132. The van der Waals surface area contributed by atoms with Gasteiger partial charge >= 0.3 is 0 Å². The molecule has 1 aliphatic heterocycles. The fourth-order valence-corrected chi connectivity index (χ4v) is 3.72. The quantitative estimate of drug-likeness (QED) is 0.845. The van der Waals surface area contributed by atoms with Crippen LogP contribution in [0.15, 0.2) is 30.5 Å². The molecule has 0 saturated carbocycles. The molecule has 1 fully saturated rings. The number of amides is 1. The monoisotopic (exact) mass is 371 g/mol. The minimum Gasteiger partial charge on any atom is -0.368 e. The number of carbonyl (C=O) groups is 1. The summed E-state index contributed by atoms with van der Waals surface area (Å²) in [7, 11) is 0. The number of aromatic nitrogens is 2. The topological polar surface area (TPSA) is 75.4 Å². The van der Waals surface area contributed by atoms with Crippen LogP contribution >= 0.6 is 0 Å². The first-order valence-electron chi connectivity index (χ1n) is 9.43. The molecule has 0 bridgehead atoms. The van der Waals surface area contributed by atoms with E-state index in [9.17, 15) is 9.18 Å². The van der Waals surface area contributed by atoms with Crippen LogP contribution in [-0.2, 0) is 4.79 Å². The van der Waals surface area contributed by atoms with E-state index in [-0.39, 0.29) is 23.7 Å². The molecule has 1 saturated heterocycles. The van der Waals surface area contributed by atoms with Crippen molar-refractivity contribution in [1.82, 2.24) is 19.8 Å². The molecule has 0 radical (unpaired) electrons. The van der Waals surface area contributed by atoms with Gasteiger partial charge in [-0.05, 0) is 50.9 Å². The maximum absolute atomic E-state index is 13.7. The molecular weight excluding hydrogens is 345 g/mol. The van der Waals surface area contributed by atoms with Gasteiger partial charge in [0.2, 0.25) is 11.9 Å². The average molecular weight is 371 g/mol. The zero-order chi connectivity index (χ0) is 19.4. The molecule has 27 heavy (non-hydrogen) atoms. The third-order valence-electron chi connectivity index (χ3n) is 5.11. The highest BCUT2D eigenvalue weighted by Gasteiger charge is 2.31. The predicted octanol–water partition coefficient (Wildman–Crippen LogP) is 2.87. The van der Waals surface area contributed by atoms with E-state index in [0.29, 0.717) is 25.2 Å². The molecule has 0 aliphatic carbocycles. The molecule has 7 heteroatoms.